The van der Waals surface area contributed by atoms with Gasteiger partial charge in [0.25, 0.3) is 0 Å². The molecule has 1 unspecified atom stereocenters. The van der Waals surface area contributed by atoms with Gasteiger partial charge in [-0.3, -0.25) is 9.89 Å². The smallest absolute Gasteiger partial charge is 0.191 e. The summed E-state index contributed by atoms with van der Waals surface area (Å²) in [6.45, 7) is 3.62. The lowest BCUT2D eigenvalue weighted by Gasteiger charge is -2.33. The highest BCUT2D eigenvalue weighted by Crippen LogP contribution is 2.24. The van der Waals surface area contributed by atoms with Gasteiger partial charge in [0, 0.05) is 31.9 Å². The lowest BCUT2D eigenvalue weighted by Crippen LogP contribution is -2.44. The molecule has 0 spiro atoms. The van der Waals surface area contributed by atoms with Gasteiger partial charge in [-0.1, -0.05) is 24.6 Å². The van der Waals surface area contributed by atoms with Crippen LogP contribution in [0.3, 0.4) is 0 Å². The predicted octanol–water partition coefficient (Wildman–Crippen LogP) is 3.36. The molecule has 7 nitrogen and oxygen atoms in total. The summed E-state index contributed by atoms with van der Waals surface area (Å²) in [4.78, 5) is 6.89. The fourth-order valence-corrected chi connectivity index (χ4v) is 3.89. The second-order valence-electron chi connectivity index (χ2n) is 7.56. The van der Waals surface area contributed by atoms with E-state index in [2.05, 4.69) is 31.7 Å². The van der Waals surface area contributed by atoms with Crippen molar-refractivity contribution in [1.82, 2.24) is 25.3 Å². The highest BCUT2D eigenvalue weighted by Gasteiger charge is 2.24. The van der Waals surface area contributed by atoms with Crippen LogP contribution < -0.4 is 10.6 Å². The minimum absolute atomic E-state index is 0.208. The molecule has 2 aromatic heterocycles. The monoisotopic (exact) mass is 406 g/mol. The Labute approximate surface area is 177 Å². The van der Waals surface area contributed by atoms with Crippen molar-refractivity contribution in [3.8, 4) is 5.69 Å². The second kappa shape index (κ2) is 10.1. The number of likely N-dealkylation sites (tertiary alicyclic amines) is 1. The molecule has 30 heavy (non-hydrogen) atoms. The average molecular weight is 407 g/mol. The Hall–Kier alpha value is -3.06. The van der Waals surface area contributed by atoms with Crippen LogP contribution in [0.25, 0.3) is 5.69 Å². The van der Waals surface area contributed by atoms with Crippen LogP contribution in [0.1, 0.15) is 36.6 Å². The zero-order valence-corrected chi connectivity index (χ0v) is 17.5. The lowest BCUT2D eigenvalue weighted by molar-refractivity contribution is 0.146. The molecule has 158 valence electrons. The summed E-state index contributed by atoms with van der Waals surface area (Å²) in [6.07, 6.45) is 9.48. The largest absolute Gasteiger partial charge is 0.468 e. The minimum atomic E-state index is 0.208. The van der Waals surface area contributed by atoms with E-state index in [0.717, 1.165) is 42.6 Å². The van der Waals surface area contributed by atoms with Crippen molar-refractivity contribution in [2.45, 2.75) is 31.8 Å². The molecular formula is C23H30N6O. The molecule has 7 heteroatoms. The van der Waals surface area contributed by atoms with Crippen LogP contribution in [0.2, 0.25) is 0 Å². The molecule has 1 aromatic carbocycles. The molecule has 0 saturated carbocycles. The van der Waals surface area contributed by atoms with Crippen LogP contribution in [0.4, 0.5) is 0 Å². The minimum Gasteiger partial charge on any atom is -0.468 e. The normalized spacial score (nSPS) is 16.4. The summed E-state index contributed by atoms with van der Waals surface area (Å²) in [5.41, 5.74) is 2.15. The van der Waals surface area contributed by atoms with E-state index in [9.17, 15) is 0 Å². The third-order valence-electron chi connectivity index (χ3n) is 5.51. The van der Waals surface area contributed by atoms with Gasteiger partial charge in [-0.2, -0.15) is 5.10 Å². The van der Waals surface area contributed by atoms with Crippen LogP contribution in [0, 0.1) is 0 Å². The van der Waals surface area contributed by atoms with Gasteiger partial charge in [0.2, 0.25) is 0 Å². The van der Waals surface area contributed by atoms with Crippen molar-refractivity contribution >= 4 is 5.96 Å². The molecule has 1 atom stereocenters. The molecule has 3 heterocycles. The number of piperidine rings is 1. The van der Waals surface area contributed by atoms with Crippen molar-refractivity contribution in [2.24, 2.45) is 4.99 Å². The number of hydrogen-bond acceptors (Lipinski definition) is 4. The predicted molar refractivity (Wildman–Crippen MR) is 119 cm³/mol. The van der Waals surface area contributed by atoms with Crippen molar-refractivity contribution in [2.75, 3.05) is 26.7 Å². The van der Waals surface area contributed by atoms with Gasteiger partial charge >= 0.3 is 0 Å². The molecule has 4 rings (SSSR count). The van der Waals surface area contributed by atoms with Crippen LogP contribution in [-0.4, -0.2) is 47.3 Å². The number of furan rings is 1. The van der Waals surface area contributed by atoms with E-state index in [4.69, 9.17) is 4.42 Å². The van der Waals surface area contributed by atoms with Crippen molar-refractivity contribution in [3.05, 3.63) is 72.4 Å². The maximum atomic E-state index is 5.74. The summed E-state index contributed by atoms with van der Waals surface area (Å²) in [7, 11) is 1.80. The topological polar surface area (TPSA) is 70.6 Å². The Bertz CT molecular complexity index is 912. The fraction of sp³-hybridized carbons (Fsp3) is 0.391. The quantitative estimate of drug-likeness (QED) is 0.465. The molecule has 1 aliphatic heterocycles. The first-order valence-corrected chi connectivity index (χ1v) is 10.6. The standard InChI is InChI=1S/C23H30N6O/c1-24-23(25-15-19-16-27-29(18-19)20-9-4-2-5-10-20)26-17-21(22-11-8-14-30-22)28-12-6-3-7-13-28/h2,4-5,8-11,14,16,18,21H,3,6-7,12-13,15,17H2,1H3,(H2,24,25,26). The third-order valence-corrected chi connectivity index (χ3v) is 5.51. The Morgan fingerprint density at radius 3 is 2.67 bits per heavy atom. The van der Waals surface area contributed by atoms with Gasteiger partial charge in [0.05, 0.1) is 24.2 Å². The van der Waals surface area contributed by atoms with Gasteiger partial charge in [-0.15, -0.1) is 0 Å². The maximum Gasteiger partial charge on any atom is 0.191 e. The Balaban J connectivity index is 1.33. The Morgan fingerprint density at radius 1 is 1.10 bits per heavy atom. The third kappa shape index (κ3) is 5.10. The summed E-state index contributed by atoms with van der Waals surface area (Å²) >= 11 is 0. The van der Waals surface area contributed by atoms with Crippen molar-refractivity contribution in [3.63, 3.8) is 0 Å². The number of rotatable bonds is 7. The molecular weight excluding hydrogens is 376 g/mol. The number of nitrogens with one attached hydrogen (secondary N) is 2. The van der Waals surface area contributed by atoms with Crippen LogP contribution in [0.5, 0.6) is 0 Å². The van der Waals surface area contributed by atoms with Gasteiger partial charge in [-0.25, -0.2) is 4.68 Å². The number of guanidine groups is 1. The summed E-state index contributed by atoms with van der Waals surface area (Å²) in [6, 6.07) is 14.3. The number of nitrogens with zero attached hydrogens (tertiary/aromatic N) is 4. The number of benzene rings is 1. The molecule has 1 fully saturated rings. The number of aromatic nitrogens is 2. The zero-order chi connectivity index (χ0) is 20.6. The fourth-order valence-electron chi connectivity index (χ4n) is 3.89. The average Bonchev–Trinajstić information content (AvgIpc) is 3.50. The first kappa shape index (κ1) is 20.2. The molecule has 0 radical (unpaired) electrons. The highest BCUT2D eigenvalue weighted by molar-refractivity contribution is 5.79. The van der Waals surface area contributed by atoms with E-state index < -0.39 is 0 Å². The van der Waals surface area contributed by atoms with Gasteiger partial charge in [0.1, 0.15) is 5.76 Å². The number of para-hydroxylation sites is 1. The zero-order valence-electron chi connectivity index (χ0n) is 17.5. The Kier molecular flexibility index (Phi) is 6.82. The first-order valence-electron chi connectivity index (χ1n) is 10.6. The summed E-state index contributed by atoms with van der Waals surface area (Å²) in [5.74, 6) is 1.78. The molecule has 2 N–H and O–H groups in total. The number of hydrogen-bond donors (Lipinski definition) is 2. The van der Waals surface area contributed by atoms with E-state index in [1.807, 2.05) is 53.5 Å². The van der Waals surface area contributed by atoms with Crippen molar-refractivity contribution < 1.29 is 4.42 Å². The van der Waals surface area contributed by atoms with Crippen LogP contribution in [-0.2, 0) is 6.54 Å². The second-order valence-corrected chi connectivity index (χ2v) is 7.56. The molecule has 0 bridgehead atoms. The Morgan fingerprint density at radius 2 is 1.93 bits per heavy atom. The molecule has 1 aliphatic rings. The van der Waals surface area contributed by atoms with Gasteiger partial charge < -0.3 is 15.1 Å². The lowest BCUT2D eigenvalue weighted by atomic mass is 10.1. The van der Waals surface area contributed by atoms with E-state index in [0.29, 0.717) is 6.54 Å². The number of aliphatic imine (C=N–C) groups is 1. The molecule has 1 saturated heterocycles. The van der Waals surface area contributed by atoms with Crippen LogP contribution in [0.15, 0.2) is 70.5 Å². The summed E-state index contributed by atoms with van der Waals surface area (Å²) < 4.78 is 7.62. The molecule has 0 aliphatic carbocycles. The van der Waals surface area contributed by atoms with Crippen molar-refractivity contribution in [1.29, 1.82) is 0 Å². The SMILES string of the molecule is CN=C(NCc1cnn(-c2ccccc2)c1)NCC(c1ccco1)N1CCCCC1. The molecule has 3 aromatic rings. The van der Waals surface area contributed by atoms with E-state index in [-0.39, 0.29) is 6.04 Å². The van der Waals surface area contributed by atoms with E-state index in [1.165, 1.54) is 19.3 Å². The van der Waals surface area contributed by atoms with Gasteiger partial charge in [-0.05, 0) is 50.2 Å². The maximum absolute atomic E-state index is 5.74. The van der Waals surface area contributed by atoms with Crippen LogP contribution >= 0.6 is 0 Å². The van der Waals surface area contributed by atoms with E-state index in [1.54, 1.807) is 13.3 Å². The highest BCUT2D eigenvalue weighted by atomic mass is 16.3. The summed E-state index contributed by atoms with van der Waals surface area (Å²) in [5, 5.41) is 11.3. The molecule has 0 amide bonds. The van der Waals surface area contributed by atoms with Gasteiger partial charge in [0.15, 0.2) is 5.96 Å². The van der Waals surface area contributed by atoms with E-state index >= 15 is 0 Å². The first-order chi connectivity index (χ1) is 14.8.